The molecule has 0 fully saturated rings. The lowest BCUT2D eigenvalue weighted by Crippen LogP contribution is -2.28. The molecule has 0 heterocycles. The van der Waals surface area contributed by atoms with Crippen molar-refractivity contribution in [2.75, 3.05) is 0 Å². The Morgan fingerprint density at radius 3 is 2.71 bits per heavy atom. The zero-order chi connectivity index (χ0) is 10.8. The molecule has 1 heteroatoms. The first-order valence-electron chi connectivity index (χ1n) is 5.59. The highest BCUT2D eigenvalue weighted by molar-refractivity contribution is 5.75. The van der Waals surface area contributed by atoms with Crippen molar-refractivity contribution in [3.05, 3.63) is 11.6 Å². The van der Waals surface area contributed by atoms with E-state index in [2.05, 4.69) is 26.8 Å². The van der Waals surface area contributed by atoms with Crippen molar-refractivity contribution < 1.29 is 4.79 Å². The van der Waals surface area contributed by atoms with Crippen molar-refractivity contribution >= 4 is 5.78 Å². The summed E-state index contributed by atoms with van der Waals surface area (Å²) in [7, 11) is 0. The number of hydrogen-bond acceptors (Lipinski definition) is 1. The third-order valence-corrected chi connectivity index (χ3v) is 3.53. The van der Waals surface area contributed by atoms with Crippen LogP contribution in [0.15, 0.2) is 11.6 Å². The smallest absolute Gasteiger partial charge is 0.129 e. The Bertz CT molecular complexity index is 248. The van der Waals surface area contributed by atoms with Crippen molar-refractivity contribution in [3.8, 4) is 0 Å². The van der Waals surface area contributed by atoms with Crippen molar-refractivity contribution in [2.45, 2.75) is 53.4 Å². The average molecular weight is 194 g/mol. The van der Waals surface area contributed by atoms with Gasteiger partial charge in [0.25, 0.3) is 0 Å². The summed E-state index contributed by atoms with van der Waals surface area (Å²) in [5.74, 6) is 0.930. The van der Waals surface area contributed by atoms with Crippen LogP contribution in [0.2, 0.25) is 0 Å². The molecule has 80 valence electrons. The van der Waals surface area contributed by atoms with E-state index in [-0.39, 0.29) is 0 Å². The zero-order valence-corrected chi connectivity index (χ0v) is 9.89. The standard InChI is InChI=1S/C13H22O/c1-10-6-5-9-13(3,4)12(10)8-7-11(2)14/h6,12H,5,7-9H2,1-4H3/t12-/m0/s1. The van der Waals surface area contributed by atoms with Crippen LogP contribution in [0.3, 0.4) is 0 Å². The predicted molar refractivity (Wildman–Crippen MR) is 60.2 cm³/mol. The molecule has 0 aromatic rings. The number of rotatable bonds is 3. The lowest BCUT2D eigenvalue weighted by atomic mass is 9.67. The number of Topliss-reactive ketones (excluding diaryl/α,β-unsaturated/α-hetero) is 1. The van der Waals surface area contributed by atoms with Crippen molar-refractivity contribution in [1.29, 1.82) is 0 Å². The van der Waals surface area contributed by atoms with Gasteiger partial charge in [0, 0.05) is 6.42 Å². The van der Waals surface area contributed by atoms with Gasteiger partial charge in [0.1, 0.15) is 5.78 Å². The summed E-state index contributed by atoms with van der Waals surface area (Å²) in [5.41, 5.74) is 1.87. The van der Waals surface area contributed by atoms with E-state index in [1.54, 1.807) is 6.92 Å². The van der Waals surface area contributed by atoms with Gasteiger partial charge in [-0.05, 0) is 44.4 Å². The molecular weight excluding hydrogens is 172 g/mol. The molecule has 0 bridgehead atoms. The van der Waals surface area contributed by atoms with Gasteiger partial charge < -0.3 is 4.79 Å². The van der Waals surface area contributed by atoms with Crippen molar-refractivity contribution in [3.63, 3.8) is 0 Å². The summed E-state index contributed by atoms with van der Waals surface area (Å²) in [6, 6.07) is 0. The summed E-state index contributed by atoms with van der Waals surface area (Å²) in [4.78, 5) is 11.0. The molecule has 14 heavy (non-hydrogen) atoms. The lowest BCUT2D eigenvalue weighted by Gasteiger charge is -2.38. The van der Waals surface area contributed by atoms with E-state index in [0.29, 0.717) is 17.1 Å². The third-order valence-electron chi connectivity index (χ3n) is 3.53. The highest BCUT2D eigenvalue weighted by atomic mass is 16.1. The molecule has 1 rings (SSSR count). The van der Waals surface area contributed by atoms with Crippen LogP contribution >= 0.6 is 0 Å². The molecular formula is C13H22O. The van der Waals surface area contributed by atoms with Crippen LogP contribution in [0.25, 0.3) is 0 Å². The van der Waals surface area contributed by atoms with Crippen LogP contribution in [0.1, 0.15) is 53.4 Å². The van der Waals surface area contributed by atoms with E-state index < -0.39 is 0 Å². The van der Waals surface area contributed by atoms with E-state index in [1.807, 2.05) is 0 Å². The summed E-state index contributed by atoms with van der Waals surface area (Å²) < 4.78 is 0. The van der Waals surface area contributed by atoms with Gasteiger partial charge in [-0.25, -0.2) is 0 Å². The molecule has 0 saturated heterocycles. The molecule has 0 aromatic carbocycles. The fourth-order valence-electron chi connectivity index (χ4n) is 2.57. The monoisotopic (exact) mass is 194 g/mol. The van der Waals surface area contributed by atoms with Crippen LogP contribution < -0.4 is 0 Å². The first-order chi connectivity index (χ1) is 6.43. The van der Waals surface area contributed by atoms with Gasteiger partial charge in [-0.3, -0.25) is 0 Å². The zero-order valence-electron chi connectivity index (χ0n) is 9.89. The van der Waals surface area contributed by atoms with Gasteiger partial charge in [-0.15, -0.1) is 0 Å². The van der Waals surface area contributed by atoms with Gasteiger partial charge in [-0.1, -0.05) is 25.5 Å². The third kappa shape index (κ3) is 2.70. The topological polar surface area (TPSA) is 17.1 Å². The molecule has 0 amide bonds. The summed E-state index contributed by atoms with van der Waals surface area (Å²) in [5, 5.41) is 0. The number of carbonyl (C=O) groups is 1. The molecule has 0 unspecified atom stereocenters. The molecule has 0 radical (unpaired) electrons. The fraction of sp³-hybridized carbons (Fsp3) is 0.769. The molecule has 0 N–H and O–H groups in total. The SMILES string of the molecule is CC(=O)CC[C@H]1C(C)=CCCC1(C)C. The van der Waals surface area contributed by atoms with Crippen LogP contribution in [0.4, 0.5) is 0 Å². The minimum atomic E-state index is 0.319. The molecule has 1 atom stereocenters. The maximum absolute atomic E-state index is 11.0. The number of hydrogen-bond donors (Lipinski definition) is 0. The first-order valence-corrected chi connectivity index (χ1v) is 5.59. The van der Waals surface area contributed by atoms with E-state index in [4.69, 9.17) is 0 Å². The highest BCUT2D eigenvalue weighted by Gasteiger charge is 2.32. The second kappa shape index (κ2) is 4.29. The molecule has 1 nitrogen and oxygen atoms in total. The van der Waals surface area contributed by atoms with E-state index in [0.717, 1.165) is 12.8 Å². The lowest BCUT2D eigenvalue weighted by molar-refractivity contribution is -0.117. The highest BCUT2D eigenvalue weighted by Crippen LogP contribution is 2.43. The van der Waals surface area contributed by atoms with Crippen LogP contribution in [0.5, 0.6) is 0 Å². The molecule has 0 spiro atoms. The number of allylic oxidation sites excluding steroid dienone is 2. The van der Waals surface area contributed by atoms with Crippen LogP contribution in [-0.2, 0) is 4.79 Å². The maximum atomic E-state index is 11.0. The van der Waals surface area contributed by atoms with E-state index >= 15 is 0 Å². The van der Waals surface area contributed by atoms with E-state index in [1.165, 1.54) is 18.4 Å². The normalized spacial score (nSPS) is 25.7. The van der Waals surface area contributed by atoms with Crippen LogP contribution in [-0.4, -0.2) is 5.78 Å². The van der Waals surface area contributed by atoms with Gasteiger partial charge in [0.15, 0.2) is 0 Å². The average Bonchev–Trinajstić information content (AvgIpc) is 2.01. The first kappa shape index (κ1) is 11.5. The second-order valence-electron chi connectivity index (χ2n) is 5.27. The summed E-state index contributed by atoms with van der Waals surface area (Å²) in [6.45, 7) is 8.56. The van der Waals surface area contributed by atoms with Crippen molar-refractivity contribution in [1.82, 2.24) is 0 Å². The molecule has 1 aliphatic rings. The van der Waals surface area contributed by atoms with Crippen molar-refractivity contribution in [2.24, 2.45) is 11.3 Å². The van der Waals surface area contributed by atoms with Gasteiger partial charge in [-0.2, -0.15) is 0 Å². The van der Waals surface area contributed by atoms with Gasteiger partial charge in [0.05, 0.1) is 0 Å². The van der Waals surface area contributed by atoms with Crippen LogP contribution in [0, 0.1) is 11.3 Å². The maximum Gasteiger partial charge on any atom is 0.129 e. The molecule has 0 aromatic heterocycles. The van der Waals surface area contributed by atoms with E-state index in [9.17, 15) is 4.79 Å². The molecule has 1 aliphatic carbocycles. The Labute approximate surface area is 87.6 Å². The number of carbonyl (C=O) groups excluding carboxylic acids is 1. The number of ketones is 1. The second-order valence-corrected chi connectivity index (χ2v) is 5.27. The summed E-state index contributed by atoms with van der Waals surface area (Å²) in [6.07, 6.45) is 6.57. The Morgan fingerprint density at radius 1 is 1.57 bits per heavy atom. The van der Waals surface area contributed by atoms with Gasteiger partial charge >= 0.3 is 0 Å². The molecule has 0 aliphatic heterocycles. The fourth-order valence-corrected chi connectivity index (χ4v) is 2.57. The quantitative estimate of drug-likeness (QED) is 0.625. The predicted octanol–water partition coefficient (Wildman–Crippen LogP) is 3.74. The Balaban J connectivity index is 2.66. The van der Waals surface area contributed by atoms with Gasteiger partial charge in [0.2, 0.25) is 0 Å². The Kier molecular flexibility index (Phi) is 3.52. The Morgan fingerprint density at radius 2 is 2.21 bits per heavy atom. The molecule has 0 saturated carbocycles. The Hall–Kier alpha value is -0.590. The largest absolute Gasteiger partial charge is 0.300 e. The minimum absolute atomic E-state index is 0.319. The minimum Gasteiger partial charge on any atom is -0.300 e. The summed E-state index contributed by atoms with van der Waals surface area (Å²) >= 11 is 0.